The normalized spacial score (nSPS) is 26.8. The summed E-state index contributed by atoms with van der Waals surface area (Å²) < 4.78 is 10.1. The summed E-state index contributed by atoms with van der Waals surface area (Å²) in [5.74, 6) is 3.80. The van der Waals surface area contributed by atoms with Crippen LogP contribution in [-0.4, -0.2) is 31.4 Å². The van der Waals surface area contributed by atoms with Crippen molar-refractivity contribution >= 4 is 11.6 Å². The lowest BCUT2D eigenvalue weighted by Crippen LogP contribution is -2.12. The highest BCUT2D eigenvalue weighted by Crippen LogP contribution is 2.19. The van der Waals surface area contributed by atoms with Crippen molar-refractivity contribution in [3.8, 4) is 0 Å². The fourth-order valence-corrected chi connectivity index (χ4v) is 3.33. The molecule has 0 radical (unpaired) electrons. The van der Waals surface area contributed by atoms with Gasteiger partial charge in [0.25, 0.3) is 0 Å². The van der Waals surface area contributed by atoms with Crippen molar-refractivity contribution in [3.05, 3.63) is 24.5 Å². The first-order valence-corrected chi connectivity index (χ1v) is 12.0. The fourth-order valence-electron chi connectivity index (χ4n) is 3.33. The predicted molar refractivity (Wildman–Crippen MR) is 123 cm³/mol. The van der Waals surface area contributed by atoms with E-state index in [1.54, 1.807) is 12.3 Å². The van der Waals surface area contributed by atoms with Gasteiger partial charge in [-0.3, -0.25) is 9.59 Å². The van der Waals surface area contributed by atoms with E-state index < -0.39 is 0 Å². The van der Waals surface area contributed by atoms with Crippen LogP contribution in [0, 0.1) is 23.7 Å². The zero-order valence-corrected chi connectivity index (χ0v) is 19.7. The summed E-state index contributed by atoms with van der Waals surface area (Å²) in [5, 5.41) is 0. The van der Waals surface area contributed by atoms with Crippen LogP contribution >= 0.6 is 0 Å². The lowest BCUT2D eigenvalue weighted by Gasteiger charge is -2.16. The Hall–Kier alpha value is -1.42. The molecule has 0 aromatic carbocycles. The first kappa shape index (κ1) is 26.6. The molecule has 2 atom stereocenters. The van der Waals surface area contributed by atoms with Crippen LogP contribution in [0.2, 0.25) is 0 Å². The van der Waals surface area contributed by atoms with E-state index in [9.17, 15) is 9.59 Å². The summed E-state index contributed by atoms with van der Waals surface area (Å²) in [5.41, 5.74) is 0. The third-order valence-electron chi connectivity index (χ3n) is 5.99. The molecule has 172 valence electrons. The average Bonchev–Trinajstić information content (AvgIpc) is 2.75. The molecule has 0 bridgehead atoms. The van der Waals surface area contributed by atoms with Crippen LogP contribution in [0.3, 0.4) is 0 Å². The number of Topliss-reactive ketones (excluding diaryl/α,β-unsaturated/α-hetero) is 1. The lowest BCUT2D eigenvalue weighted by molar-refractivity contribution is -0.121. The molecule has 4 aliphatic rings. The third kappa shape index (κ3) is 14.5. The summed E-state index contributed by atoms with van der Waals surface area (Å²) in [4.78, 5) is 21.1. The van der Waals surface area contributed by atoms with Crippen molar-refractivity contribution in [2.45, 2.75) is 85.5 Å². The van der Waals surface area contributed by atoms with Crippen molar-refractivity contribution in [2.24, 2.45) is 23.7 Å². The summed E-state index contributed by atoms with van der Waals surface area (Å²) in [6.07, 6.45) is 16.9. The van der Waals surface area contributed by atoms with Gasteiger partial charge in [-0.05, 0) is 74.3 Å². The van der Waals surface area contributed by atoms with Crippen LogP contribution in [-0.2, 0) is 19.1 Å². The fraction of sp³-hybridized carbons (Fsp3) is 0.769. The molecule has 1 saturated heterocycles. The average molecular weight is 421 g/mol. The summed E-state index contributed by atoms with van der Waals surface area (Å²) in [6.45, 7) is 11.7. The van der Waals surface area contributed by atoms with Gasteiger partial charge in [0.1, 0.15) is 5.78 Å². The molecule has 0 amide bonds. The second-order valence-corrected chi connectivity index (χ2v) is 9.32. The van der Waals surface area contributed by atoms with Crippen molar-refractivity contribution < 1.29 is 19.1 Å². The van der Waals surface area contributed by atoms with E-state index in [0.717, 1.165) is 76.1 Å². The molecule has 0 aromatic rings. The second-order valence-electron chi connectivity index (χ2n) is 9.32. The number of hydrogen-bond acceptors (Lipinski definition) is 4. The van der Waals surface area contributed by atoms with Crippen LogP contribution < -0.4 is 0 Å². The molecule has 2 heterocycles. The van der Waals surface area contributed by atoms with Crippen molar-refractivity contribution in [1.29, 1.82) is 0 Å². The van der Waals surface area contributed by atoms with E-state index in [4.69, 9.17) is 9.47 Å². The minimum absolute atomic E-state index is 0.281. The number of carbonyl (C=O) groups excluding carboxylic acids is 2. The van der Waals surface area contributed by atoms with Gasteiger partial charge in [0.05, 0.1) is 12.9 Å². The Balaban J connectivity index is 0.000000200. The molecule has 4 heteroatoms. The van der Waals surface area contributed by atoms with E-state index in [-0.39, 0.29) is 5.78 Å². The van der Waals surface area contributed by atoms with Crippen molar-refractivity contribution in [1.82, 2.24) is 0 Å². The lowest BCUT2D eigenvalue weighted by atomic mass is 9.90. The molecule has 0 N–H and O–H groups in total. The van der Waals surface area contributed by atoms with Gasteiger partial charge in [-0.15, -0.1) is 0 Å². The number of hydrogen-bond donors (Lipinski definition) is 0. The second kappa shape index (κ2) is 16.3. The zero-order valence-electron chi connectivity index (χ0n) is 19.7. The quantitative estimate of drug-likeness (QED) is 0.462. The molecule has 30 heavy (non-hydrogen) atoms. The Bertz CT molecular complexity index is 521. The Kier molecular flexibility index (Phi) is 14.5. The van der Waals surface area contributed by atoms with Gasteiger partial charge in [-0.1, -0.05) is 33.8 Å². The minimum Gasteiger partial charge on any atom is -0.502 e. The van der Waals surface area contributed by atoms with E-state index in [2.05, 4.69) is 33.8 Å². The molecule has 0 spiro atoms. The van der Waals surface area contributed by atoms with Crippen LogP contribution in [0.5, 0.6) is 0 Å². The molecule has 2 aliphatic heterocycles. The summed E-state index contributed by atoms with van der Waals surface area (Å²) in [7, 11) is 0. The molecule has 0 unspecified atom stereocenters. The van der Waals surface area contributed by atoms with Crippen LogP contribution in [0.15, 0.2) is 24.5 Å². The molecule has 4 rings (SSSR count). The monoisotopic (exact) mass is 420 g/mol. The highest BCUT2D eigenvalue weighted by molar-refractivity contribution is 5.90. The van der Waals surface area contributed by atoms with E-state index in [1.807, 2.05) is 6.08 Å². The first-order valence-electron chi connectivity index (χ1n) is 12.0. The van der Waals surface area contributed by atoms with Gasteiger partial charge in [0.2, 0.25) is 0 Å². The largest absolute Gasteiger partial charge is 0.502 e. The Morgan fingerprint density at radius 1 is 0.700 bits per heavy atom. The maximum Gasteiger partial charge on any atom is 0.155 e. The topological polar surface area (TPSA) is 52.6 Å². The molecule has 0 aromatic heterocycles. The van der Waals surface area contributed by atoms with E-state index in [0.29, 0.717) is 11.7 Å². The molecular weight excluding hydrogens is 376 g/mol. The third-order valence-corrected chi connectivity index (χ3v) is 5.99. The number of allylic oxidation sites excluding steroid dienone is 3. The highest BCUT2D eigenvalue weighted by atomic mass is 16.5. The molecule has 4 nitrogen and oxygen atoms in total. The van der Waals surface area contributed by atoms with Gasteiger partial charge in [0.15, 0.2) is 5.78 Å². The van der Waals surface area contributed by atoms with Crippen LogP contribution in [0.25, 0.3) is 0 Å². The van der Waals surface area contributed by atoms with Crippen LogP contribution in [0.4, 0.5) is 0 Å². The number of ketones is 2. The Morgan fingerprint density at radius 2 is 1.30 bits per heavy atom. The predicted octanol–water partition coefficient (Wildman–Crippen LogP) is 6.30. The van der Waals surface area contributed by atoms with Gasteiger partial charge in [-0.25, -0.2) is 0 Å². The van der Waals surface area contributed by atoms with E-state index in [1.165, 1.54) is 19.3 Å². The highest BCUT2D eigenvalue weighted by Gasteiger charge is 2.13. The van der Waals surface area contributed by atoms with Gasteiger partial charge in [0, 0.05) is 32.5 Å². The standard InChI is InChI=1S/C7H12O.C7H10O.C6H12O.C6H10O/c2*1-6-2-4-7(8)5-3-6;2*1-6-2-4-7-5-3-6/h6H,2-5H2,1H3;2,4,6H,3,5H2,1H3;6H,2-5H2,1H3;2,4,6H,3,5H2,1H3/t;6-;;6-/m.0.0/s1. The number of carbonyl (C=O) groups is 2. The molecular formula is C26H44O4. The van der Waals surface area contributed by atoms with E-state index >= 15 is 0 Å². The van der Waals surface area contributed by atoms with Crippen molar-refractivity contribution in [2.75, 3.05) is 19.8 Å². The smallest absolute Gasteiger partial charge is 0.155 e. The number of rotatable bonds is 0. The Morgan fingerprint density at radius 3 is 1.63 bits per heavy atom. The maximum atomic E-state index is 10.6. The summed E-state index contributed by atoms with van der Waals surface area (Å²) >= 11 is 0. The summed E-state index contributed by atoms with van der Waals surface area (Å²) in [6, 6.07) is 0. The Labute approximate surface area is 184 Å². The number of ether oxygens (including phenoxy) is 2. The zero-order chi connectivity index (χ0) is 22.2. The molecule has 1 saturated carbocycles. The van der Waals surface area contributed by atoms with Gasteiger partial charge < -0.3 is 9.47 Å². The van der Waals surface area contributed by atoms with Crippen molar-refractivity contribution in [3.63, 3.8) is 0 Å². The van der Waals surface area contributed by atoms with Gasteiger partial charge >= 0.3 is 0 Å². The van der Waals surface area contributed by atoms with Crippen LogP contribution in [0.1, 0.15) is 85.5 Å². The first-order chi connectivity index (χ1) is 14.4. The minimum atomic E-state index is 0.281. The maximum absolute atomic E-state index is 10.6. The molecule has 2 aliphatic carbocycles. The SMILES string of the molecule is CC1CCC(=O)CC1.CC1CCOCC1.C[C@H]1C=CC(=O)CC1.C[C@H]1C=COCC1. The van der Waals surface area contributed by atoms with Gasteiger partial charge in [-0.2, -0.15) is 0 Å². The molecule has 2 fully saturated rings.